The molecule has 0 atom stereocenters. The zero-order valence-corrected chi connectivity index (χ0v) is 13.0. The van der Waals surface area contributed by atoms with Crippen molar-refractivity contribution in [1.82, 2.24) is 10.2 Å². The first-order valence-electron chi connectivity index (χ1n) is 7.19. The van der Waals surface area contributed by atoms with Crippen LogP contribution in [0.25, 0.3) is 31.9 Å². The molecule has 0 aliphatic rings. The average Bonchev–Trinajstić information content (AvgIpc) is 3.04. The molecule has 0 unspecified atom stereocenters. The minimum Gasteiger partial charge on any atom is -0.138 e. The molecule has 3 aromatic carbocycles. The third-order valence-corrected chi connectivity index (χ3v) is 4.71. The van der Waals surface area contributed by atoms with E-state index in [0.717, 1.165) is 21.1 Å². The normalized spacial score (nSPS) is 11.0. The number of aromatic nitrogens is 2. The Labute approximate surface area is 133 Å². The van der Waals surface area contributed by atoms with Crippen molar-refractivity contribution in [3.05, 3.63) is 72.3 Å². The summed E-state index contributed by atoms with van der Waals surface area (Å²) >= 11 is 1.63. The van der Waals surface area contributed by atoms with Gasteiger partial charge in [-0.15, -0.1) is 10.2 Å². The van der Waals surface area contributed by atoms with Crippen LogP contribution in [0.2, 0.25) is 0 Å². The van der Waals surface area contributed by atoms with Crippen molar-refractivity contribution < 1.29 is 0 Å². The van der Waals surface area contributed by atoms with Gasteiger partial charge in [0, 0.05) is 11.1 Å². The summed E-state index contributed by atoms with van der Waals surface area (Å²) in [7, 11) is 0. The number of nitrogens with zero attached hydrogens (tertiary/aromatic N) is 2. The monoisotopic (exact) mass is 302 g/mol. The van der Waals surface area contributed by atoms with E-state index in [1.807, 2.05) is 0 Å². The summed E-state index contributed by atoms with van der Waals surface area (Å²) in [5, 5.41) is 13.1. The van der Waals surface area contributed by atoms with Crippen molar-refractivity contribution in [2.75, 3.05) is 0 Å². The van der Waals surface area contributed by atoms with Crippen LogP contribution in [0.3, 0.4) is 0 Å². The molecule has 106 valence electrons. The first kappa shape index (κ1) is 13.2. The van der Waals surface area contributed by atoms with Crippen LogP contribution in [0.4, 0.5) is 0 Å². The standard InChI is InChI=1S/C19H14N2S/c1-13-5-4-8-16(11-13)18-20-21-19(22-18)17-10-9-14-6-2-3-7-15(14)12-17/h2-12H,1H3. The first-order valence-corrected chi connectivity index (χ1v) is 8.01. The fourth-order valence-corrected chi connectivity index (χ4v) is 3.39. The van der Waals surface area contributed by atoms with E-state index >= 15 is 0 Å². The van der Waals surface area contributed by atoms with Gasteiger partial charge in [0.1, 0.15) is 10.0 Å². The Morgan fingerprint density at radius 2 is 1.41 bits per heavy atom. The van der Waals surface area contributed by atoms with Crippen LogP contribution in [-0.2, 0) is 0 Å². The second-order valence-electron chi connectivity index (χ2n) is 5.34. The van der Waals surface area contributed by atoms with Crippen LogP contribution in [0.5, 0.6) is 0 Å². The van der Waals surface area contributed by atoms with Crippen molar-refractivity contribution in [2.45, 2.75) is 6.92 Å². The van der Waals surface area contributed by atoms with E-state index in [0.29, 0.717) is 0 Å². The molecule has 0 bridgehead atoms. The molecule has 0 saturated heterocycles. The second-order valence-corrected chi connectivity index (χ2v) is 6.32. The molecule has 2 nitrogen and oxygen atoms in total. The van der Waals surface area contributed by atoms with Crippen LogP contribution in [0, 0.1) is 6.92 Å². The van der Waals surface area contributed by atoms with Gasteiger partial charge < -0.3 is 0 Å². The summed E-state index contributed by atoms with van der Waals surface area (Å²) in [5.74, 6) is 0. The maximum Gasteiger partial charge on any atom is 0.148 e. The van der Waals surface area contributed by atoms with Crippen molar-refractivity contribution >= 4 is 22.1 Å². The second kappa shape index (κ2) is 5.35. The Kier molecular flexibility index (Phi) is 3.20. The molecule has 4 aromatic rings. The van der Waals surface area contributed by atoms with Crippen molar-refractivity contribution in [1.29, 1.82) is 0 Å². The topological polar surface area (TPSA) is 25.8 Å². The molecule has 0 spiro atoms. The predicted octanol–water partition coefficient (Wildman–Crippen LogP) is 5.33. The molecule has 0 radical (unpaired) electrons. The number of aryl methyl sites for hydroxylation is 1. The smallest absolute Gasteiger partial charge is 0.138 e. The van der Waals surface area contributed by atoms with E-state index < -0.39 is 0 Å². The number of benzene rings is 3. The van der Waals surface area contributed by atoms with Crippen LogP contribution in [0.1, 0.15) is 5.56 Å². The first-order chi connectivity index (χ1) is 10.8. The summed E-state index contributed by atoms with van der Waals surface area (Å²) in [6.07, 6.45) is 0. The largest absolute Gasteiger partial charge is 0.148 e. The minimum absolute atomic E-state index is 0.960. The zero-order chi connectivity index (χ0) is 14.9. The lowest BCUT2D eigenvalue weighted by Gasteiger charge is -2.00. The maximum atomic E-state index is 4.37. The lowest BCUT2D eigenvalue weighted by Crippen LogP contribution is -1.79. The molecule has 0 N–H and O–H groups in total. The van der Waals surface area contributed by atoms with Crippen LogP contribution < -0.4 is 0 Å². The molecule has 0 amide bonds. The molecular formula is C19H14N2S. The third-order valence-electron chi connectivity index (χ3n) is 3.69. The molecule has 1 aromatic heterocycles. The molecule has 3 heteroatoms. The van der Waals surface area contributed by atoms with E-state index in [2.05, 4.69) is 83.9 Å². The highest BCUT2D eigenvalue weighted by atomic mass is 32.1. The van der Waals surface area contributed by atoms with Gasteiger partial charge in [-0.3, -0.25) is 0 Å². The van der Waals surface area contributed by atoms with Gasteiger partial charge in [-0.05, 0) is 29.8 Å². The van der Waals surface area contributed by atoms with Crippen LogP contribution in [-0.4, -0.2) is 10.2 Å². The fraction of sp³-hybridized carbons (Fsp3) is 0.0526. The van der Waals surface area contributed by atoms with Gasteiger partial charge in [-0.2, -0.15) is 0 Å². The maximum absolute atomic E-state index is 4.37. The molecule has 0 aliphatic carbocycles. The van der Waals surface area contributed by atoms with Crippen molar-refractivity contribution in [3.63, 3.8) is 0 Å². The van der Waals surface area contributed by atoms with E-state index in [1.165, 1.54) is 16.3 Å². The van der Waals surface area contributed by atoms with Crippen molar-refractivity contribution in [2.24, 2.45) is 0 Å². The highest BCUT2D eigenvalue weighted by Gasteiger charge is 2.09. The molecule has 0 fully saturated rings. The van der Waals surface area contributed by atoms with Gasteiger partial charge >= 0.3 is 0 Å². The van der Waals surface area contributed by atoms with E-state index in [-0.39, 0.29) is 0 Å². The Balaban J connectivity index is 1.76. The van der Waals surface area contributed by atoms with E-state index in [9.17, 15) is 0 Å². The average molecular weight is 302 g/mol. The number of hydrogen-bond acceptors (Lipinski definition) is 3. The number of fused-ring (bicyclic) bond motifs is 1. The number of rotatable bonds is 2. The molecular weight excluding hydrogens is 288 g/mol. The minimum atomic E-state index is 0.960. The summed E-state index contributed by atoms with van der Waals surface area (Å²) in [6, 6.07) is 23.2. The van der Waals surface area contributed by atoms with Crippen LogP contribution in [0.15, 0.2) is 66.7 Å². The molecule has 22 heavy (non-hydrogen) atoms. The highest BCUT2D eigenvalue weighted by molar-refractivity contribution is 7.17. The zero-order valence-electron chi connectivity index (χ0n) is 12.2. The summed E-state index contributed by atoms with van der Waals surface area (Å²) < 4.78 is 0. The quantitative estimate of drug-likeness (QED) is 0.500. The fourth-order valence-electron chi connectivity index (χ4n) is 2.56. The summed E-state index contributed by atoms with van der Waals surface area (Å²) in [4.78, 5) is 0. The van der Waals surface area contributed by atoms with Crippen molar-refractivity contribution in [3.8, 4) is 21.1 Å². The Morgan fingerprint density at radius 3 is 2.18 bits per heavy atom. The summed E-state index contributed by atoms with van der Waals surface area (Å²) in [5.41, 5.74) is 3.49. The lowest BCUT2D eigenvalue weighted by molar-refractivity contribution is 1.10. The van der Waals surface area contributed by atoms with Gasteiger partial charge in [-0.1, -0.05) is 71.5 Å². The predicted molar refractivity (Wildman–Crippen MR) is 93.0 cm³/mol. The Hall–Kier alpha value is -2.52. The van der Waals surface area contributed by atoms with Crippen LogP contribution >= 0.6 is 11.3 Å². The molecule has 1 heterocycles. The SMILES string of the molecule is Cc1cccc(-c2nnc(-c3ccc4ccccc4c3)s2)c1. The molecule has 0 aliphatic heterocycles. The van der Waals surface area contributed by atoms with E-state index in [1.54, 1.807) is 11.3 Å². The van der Waals surface area contributed by atoms with Gasteiger partial charge in [0.25, 0.3) is 0 Å². The van der Waals surface area contributed by atoms with Gasteiger partial charge in [0.15, 0.2) is 0 Å². The highest BCUT2D eigenvalue weighted by Crippen LogP contribution is 2.31. The third kappa shape index (κ3) is 2.40. The Bertz CT molecular complexity index is 956. The molecule has 4 rings (SSSR count). The lowest BCUT2D eigenvalue weighted by atomic mass is 10.1. The van der Waals surface area contributed by atoms with E-state index in [4.69, 9.17) is 0 Å². The number of hydrogen-bond donors (Lipinski definition) is 0. The van der Waals surface area contributed by atoms with Gasteiger partial charge in [0.2, 0.25) is 0 Å². The molecule has 0 saturated carbocycles. The summed E-state index contributed by atoms with van der Waals surface area (Å²) in [6.45, 7) is 2.09. The van der Waals surface area contributed by atoms with Gasteiger partial charge in [0.05, 0.1) is 0 Å². The van der Waals surface area contributed by atoms with Gasteiger partial charge in [-0.25, -0.2) is 0 Å². The Morgan fingerprint density at radius 1 is 0.682 bits per heavy atom.